The van der Waals surface area contributed by atoms with Gasteiger partial charge in [-0.2, -0.15) is 0 Å². The second-order valence-electron chi connectivity index (χ2n) is 6.60. The van der Waals surface area contributed by atoms with Crippen LogP contribution in [0.2, 0.25) is 0 Å². The van der Waals surface area contributed by atoms with Crippen LogP contribution in [0.15, 0.2) is 18.2 Å². The van der Waals surface area contributed by atoms with Crippen molar-refractivity contribution >= 4 is 17.8 Å². The average Bonchev–Trinajstić information content (AvgIpc) is 3.13. The summed E-state index contributed by atoms with van der Waals surface area (Å²) in [6, 6.07) is 4.76. The normalized spacial score (nSPS) is 17.4. The Balaban J connectivity index is 1.62. The van der Waals surface area contributed by atoms with E-state index in [1.54, 1.807) is 18.2 Å². The second kappa shape index (κ2) is 7.23. The Morgan fingerprint density at radius 2 is 1.85 bits per heavy atom. The molecule has 0 radical (unpaired) electrons. The molecule has 1 saturated carbocycles. The summed E-state index contributed by atoms with van der Waals surface area (Å²) in [6.45, 7) is -0.153. The van der Waals surface area contributed by atoms with Crippen LogP contribution >= 0.6 is 0 Å². The van der Waals surface area contributed by atoms with Crippen LogP contribution < -0.4 is 14.8 Å². The van der Waals surface area contributed by atoms with E-state index >= 15 is 0 Å². The van der Waals surface area contributed by atoms with E-state index in [4.69, 9.17) is 9.47 Å². The Kier molecular flexibility index (Phi) is 5.01. The molecule has 0 unspecified atom stereocenters. The summed E-state index contributed by atoms with van der Waals surface area (Å²) in [5.41, 5.74) is -0.839. The summed E-state index contributed by atoms with van der Waals surface area (Å²) in [5.74, 6) is -0.803. The van der Waals surface area contributed by atoms with Gasteiger partial charge in [-0.05, 0) is 31.0 Å². The number of carbonyl (C=O) groups is 3. The fraction of sp³-hybridized carbons (Fsp3) is 0.500. The number of nitrogens with one attached hydrogen (secondary N) is 1. The lowest BCUT2D eigenvalue weighted by Gasteiger charge is -2.41. The monoisotopic (exact) mass is 362 g/mol. The van der Waals surface area contributed by atoms with Crippen LogP contribution in [0.5, 0.6) is 11.5 Å². The maximum Gasteiger partial charge on any atom is 0.329 e. The molecule has 2 amide bonds. The van der Waals surface area contributed by atoms with Crippen molar-refractivity contribution in [3.63, 3.8) is 0 Å². The molecule has 26 heavy (non-hydrogen) atoms. The van der Waals surface area contributed by atoms with Gasteiger partial charge in [-0.3, -0.25) is 9.59 Å². The molecule has 0 aromatic heterocycles. The first-order chi connectivity index (χ1) is 12.4. The molecule has 1 aromatic rings. The molecule has 0 bridgehead atoms. The predicted molar refractivity (Wildman–Crippen MR) is 91.1 cm³/mol. The maximum atomic E-state index is 12.5. The number of ether oxygens (including phenoxy) is 2. The molecule has 1 aromatic carbocycles. The van der Waals surface area contributed by atoms with Crippen molar-refractivity contribution in [2.45, 2.75) is 37.6 Å². The Morgan fingerprint density at radius 3 is 2.54 bits per heavy atom. The number of fused-ring (bicyclic) bond motifs is 1. The highest BCUT2D eigenvalue weighted by molar-refractivity contribution is 5.97. The summed E-state index contributed by atoms with van der Waals surface area (Å²) in [5, 5.41) is 12.2. The van der Waals surface area contributed by atoms with Gasteiger partial charge >= 0.3 is 5.97 Å². The van der Waals surface area contributed by atoms with Gasteiger partial charge in [0.1, 0.15) is 5.54 Å². The molecule has 0 atom stereocenters. The molecular weight excluding hydrogens is 340 g/mol. The Hall–Kier alpha value is -2.77. The third-order valence-corrected chi connectivity index (χ3v) is 5.13. The molecule has 8 heteroatoms. The Labute approximate surface area is 151 Å². The zero-order valence-corrected chi connectivity index (χ0v) is 14.6. The highest BCUT2D eigenvalue weighted by Gasteiger charge is 2.45. The van der Waals surface area contributed by atoms with Gasteiger partial charge in [-0.1, -0.05) is 19.3 Å². The lowest BCUT2D eigenvalue weighted by atomic mass is 9.80. The predicted octanol–water partition coefficient (Wildman–Crippen LogP) is 1.39. The van der Waals surface area contributed by atoms with Gasteiger partial charge in [-0.25, -0.2) is 4.79 Å². The molecule has 1 heterocycles. The zero-order chi connectivity index (χ0) is 18.7. The number of amides is 2. The van der Waals surface area contributed by atoms with Crippen LogP contribution in [0.1, 0.15) is 42.5 Å². The quantitative estimate of drug-likeness (QED) is 0.820. The van der Waals surface area contributed by atoms with E-state index in [0.717, 1.165) is 19.3 Å². The number of rotatable bonds is 5. The van der Waals surface area contributed by atoms with Crippen LogP contribution in [0, 0.1) is 0 Å². The summed E-state index contributed by atoms with van der Waals surface area (Å²) in [6.07, 6.45) is 3.38. The van der Waals surface area contributed by atoms with Gasteiger partial charge in [0.05, 0.1) is 6.54 Å². The van der Waals surface area contributed by atoms with Crippen LogP contribution in [0.25, 0.3) is 0 Å². The number of nitrogens with zero attached hydrogens (tertiary/aromatic N) is 1. The van der Waals surface area contributed by atoms with E-state index in [9.17, 15) is 19.5 Å². The van der Waals surface area contributed by atoms with Gasteiger partial charge in [0, 0.05) is 12.6 Å². The molecule has 2 aliphatic rings. The second-order valence-corrected chi connectivity index (χ2v) is 6.60. The highest BCUT2D eigenvalue weighted by Crippen LogP contribution is 2.34. The summed E-state index contributed by atoms with van der Waals surface area (Å²) in [4.78, 5) is 37.8. The third-order valence-electron chi connectivity index (χ3n) is 5.13. The minimum Gasteiger partial charge on any atom is -0.479 e. The fourth-order valence-electron chi connectivity index (χ4n) is 3.48. The third kappa shape index (κ3) is 3.31. The topological polar surface area (TPSA) is 105 Å². The number of hydrogen-bond donors (Lipinski definition) is 2. The molecule has 1 aliphatic carbocycles. The molecule has 0 saturated heterocycles. The van der Waals surface area contributed by atoms with E-state index in [0.29, 0.717) is 29.9 Å². The fourth-order valence-corrected chi connectivity index (χ4v) is 3.48. The van der Waals surface area contributed by atoms with Crippen LogP contribution in [-0.4, -0.2) is 53.7 Å². The first kappa shape index (κ1) is 18.0. The summed E-state index contributed by atoms with van der Waals surface area (Å²) < 4.78 is 10.4. The lowest BCUT2D eigenvalue weighted by molar-refractivity contribution is -0.159. The van der Waals surface area contributed by atoms with Crippen molar-refractivity contribution in [3.05, 3.63) is 23.8 Å². The molecule has 1 fully saturated rings. The number of benzene rings is 1. The molecule has 2 N–H and O–H groups in total. The summed E-state index contributed by atoms with van der Waals surface area (Å²) >= 11 is 0. The number of aliphatic carboxylic acids is 1. The molecule has 0 spiro atoms. The number of likely N-dealkylation sites (N-methyl/N-ethyl adjacent to an activating group) is 1. The molecule has 8 nitrogen and oxygen atoms in total. The molecular formula is C18H22N2O6. The SMILES string of the molecule is CN(C(=O)CNC(=O)c1ccc2c(c1)OCO2)C1(C(=O)O)CCCCC1. The van der Waals surface area contributed by atoms with Gasteiger partial charge in [-0.15, -0.1) is 0 Å². The maximum absolute atomic E-state index is 12.5. The van der Waals surface area contributed by atoms with Crippen LogP contribution in [-0.2, 0) is 9.59 Å². The number of carbonyl (C=O) groups excluding carboxylic acids is 2. The van der Waals surface area contributed by atoms with Crippen molar-refractivity contribution in [1.82, 2.24) is 10.2 Å². The number of carboxylic acid groups (broad SMARTS) is 1. The minimum absolute atomic E-state index is 0.112. The van der Waals surface area contributed by atoms with Gasteiger partial charge in [0.15, 0.2) is 11.5 Å². The van der Waals surface area contributed by atoms with E-state index in [2.05, 4.69) is 5.32 Å². The van der Waals surface area contributed by atoms with Crippen molar-refractivity contribution < 1.29 is 29.0 Å². The van der Waals surface area contributed by atoms with Crippen molar-refractivity contribution in [3.8, 4) is 11.5 Å². The number of carboxylic acids is 1. The van der Waals surface area contributed by atoms with Crippen molar-refractivity contribution in [1.29, 1.82) is 0 Å². The smallest absolute Gasteiger partial charge is 0.329 e. The zero-order valence-electron chi connectivity index (χ0n) is 14.6. The lowest BCUT2D eigenvalue weighted by Crippen LogP contribution is -2.58. The largest absolute Gasteiger partial charge is 0.479 e. The Morgan fingerprint density at radius 1 is 1.15 bits per heavy atom. The number of hydrogen-bond acceptors (Lipinski definition) is 5. The molecule has 140 valence electrons. The van der Waals surface area contributed by atoms with Crippen molar-refractivity contribution in [2.75, 3.05) is 20.4 Å². The van der Waals surface area contributed by atoms with Crippen LogP contribution in [0.3, 0.4) is 0 Å². The van der Waals surface area contributed by atoms with E-state index in [1.165, 1.54) is 11.9 Å². The highest BCUT2D eigenvalue weighted by atomic mass is 16.7. The van der Waals surface area contributed by atoms with Gasteiger partial charge in [0.2, 0.25) is 12.7 Å². The molecule has 1 aliphatic heterocycles. The van der Waals surface area contributed by atoms with Crippen LogP contribution in [0.4, 0.5) is 0 Å². The minimum atomic E-state index is -1.18. The first-order valence-corrected chi connectivity index (χ1v) is 8.62. The first-order valence-electron chi connectivity index (χ1n) is 8.62. The Bertz CT molecular complexity index is 726. The van der Waals surface area contributed by atoms with E-state index in [-0.39, 0.29) is 13.3 Å². The molecule has 3 rings (SSSR count). The van der Waals surface area contributed by atoms with E-state index < -0.39 is 23.3 Å². The summed E-state index contributed by atoms with van der Waals surface area (Å²) in [7, 11) is 1.49. The van der Waals surface area contributed by atoms with Crippen molar-refractivity contribution in [2.24, 2.45) is 0 Å². The van der Waals surface area contributed by atoms with Gasteiger partial charge < -0.3 is 24.8 Å². The average molecular weight is 362 g/mol. The van der Waals surface area contributed by atoms with E-state index in [1.807, 2.05) is 0 Å². The standard InChI is InChI=1S/C18H22N2O6/c1-20(18(17(23)24)7-3-2-4-8-18)15(21)10-19-16(22)12-5-6-13-14(9-12)26-11-25-13/h5-6,9H,2-4,7-8,10-11H2,1H3,(H,19,22)(H,23,24). The van der Waals surface area contributed by atoms with Gasteiger partial charge in [0.25, 0.3) is 5.91 Å².